The van der Waals surface area contributed by atoms with E-state index < -0.39 is 5.82 Å². The Morgan fingerprint density at radius 2 is 2.14 bits per heavy atom. The van der Waals surface area contributed by atoms with Gasteiger partial charge >= 0.3 is 0 Å². The van der Waals surface area contributed by atoms with Gasteiger partial charge in [0.15, 0.2) is 0 Å². The van der Waals surface area contributed by atoms with Crippen molar-refractivity contribution in [2.75, 3.05) is 5.88 Å². The maximum atomic E-state index is 13.6. The van der Waals surface area contributed by atoms with Gasteiger partial charge in [-0.05, 0) is 34.9 Å². The Morgan fingerprint density at radius 1 is 1.29 bits per heavy atom. The highest BCUT2D eigenvalue weighted by Gasteiger charge is 2.13. The Labute approximate surface area is 136 Å². The second-order valence-corrected chi connectivity index (χ2v) is 6.32. The zero-order chi connectivity index (χ0) is 14.8. The van der Waals surface area contributed by atoms with Gasteiger partial charge in [-0.15, -0.1) is 11.6 Å². The minimum atomic E-state index is -0.441. The van der Waals surface area contributed by atoms with E-state index in [2.05, 4.69) is 26.4 Å². The predicted octanol–water partition coefficient (Wildman–Crippen LogP) is 4.91. The first-order valence-corrected chi connectivity index (χ1v) is 8.46. The first-order valence-electron chi connectivity index (χ1n) is 6.60. The van der Waals surface area contributed by atoms with Gasteiger partial charge in [-0.1, -0.05) is 11.6 Å². The summed E-state index contributed by atoms with van der Waals surface area (Å²) in [6, 6.07) is 5.14. The van der Waals surface area contributed by atoms with Crippen molar-refractivity contribution >= 4 is 45.6 Å². The van der Waals surface area contributed by atoms with Crippen LogP contribution in [0.25, 0.3) is 11.0 Å². The molecule has 21 heavy (non-hydrogen) atoms. The molecule has 0 aliphatic carbocycles. The van der Waals surface area contributed by atoms with Crippen molar-refractivity contribution in [3.63, 3.8) is 0 Å². The first-order chi connectivity index (χ1) is 10.2. The van der Waals surface area contributed by atoms with Crippen LogP contribution in [0.3, 0.4) is 0 Å². The number of rotatable bonds is 5. The van der Waals surface area contributed by atoms with E-state index in [1.807, 2.05) is 0 Å². The van der Waals surface area contributed by atoms with Gasteiger partial charge in [0.25, 0.3) is 0 Å². The molecule has 0 saturated carbocycles. The maximum absolute atomic E-state index is 13.6. The minimum absolute atomic E-state index is 0.122. The fourth-order valence-corrected chi connectivity index (χ4v) is 3.40. The summed E-state index contributed by atoms with van der Waals surface area (Å²) in [5.41, 5.74) is 2.77. The molecule has 110 valence electrons. The summed E-state index contributed by atoms with van der Waals surface area (Å²) in [5.74, 6) is 0.916. The molecule has 2 heterocycles. The SMILES string of the molecule is Fc1cc2nc(CCCl)n(CCc3ccsc3)c2cc1Cl. The lowest BCUT2D eigenvalue weighted by atomic mass is 10.2. The maximum Gasteiger partial charge on any atom is 0.144 e. The number of imidazole rings is 1. The molecule has 1 aromatic carbocycles. The van der Waals surface area contributed by atoms with Gasteiger partial charge in [-0.3, -0.25) is 0 Å². The topological polar surface area (TPSA) is 17.8 Å². The van der Waals surface area contributed by atoms with E-state index in [-0.39, 0.29) is 5.02 Å². The number of fused-ring (bicyclic) bond motifs is 1. The molecule has 0 amide bonds. The molecule has 3 rings (SSSR count). The Kier molecular flexibility index (Phi) is 4.48. The molecule has 0 unspecified atom stereocenters. The lowest BCUT2D eigenvalue weighted by Crippen LogP contribution is -2.06. The van der Waals surface area contributed by atoms with Crippen LogP contribution in [-0.2, 0) is 19.4 Å². The van der Waals surface area contributed by atoms with E-state index in [0.29, 0.717) is 17.8 Å². The summed E-state index contributed by atoms with van der Waals surface area (Å²) in [7, 11) is 0. The largest absolute Gasteiger partial charge is 0.328 e. The van der Waals surface area contributed by atoms with Gasteiger partial charge in [0.05, 0.1) is 16.1 Å². The van der Waals surface area contributed by atoms with E-state index in [9.17, 15) is 4.39 Å². The normalized spacial score (nSPS) is 11.4. The van der Waals surface area contributed by atoms with E-state index >= 15 is 0 Å². The predicted molar refractivity (Wildman–Crippen MR) is 87.1 cm³/mol. The Morgan fingerprint density at radius 3 is 2.86 bits per heavy atom. The summed E-state index contributed by atoms with van der Waals surface area (Å²) in [6.07, 6.45) is 1.55. The van der Waals surface area contributed by atoms with Crippen LogP contribution in [0.2, 0.25) is 5.02 Å². The molecule has 2 nitrogen and oxygen atoms in total. The summed E-state index contributed by atoms with van der Waals surface area (Å²) >= 11 is 13.4. The molecular weight excluding hydrogens is 330 g/mol. The molecule has 0 spiro atoms. The summed E-state index contributed by atoms with van der Waals surface area (Å²) in [4.78, 5) is 4.49. The fraction of sp³-hybridized carbons (Fsp3) is 0.267. The van der Waals surface area contributed by atoms with Gasteiger partial charge in [0.2, 0.25) is 0 Å². The molecule has 0 atom stereocenters. The molecule has 6 heteroatoms. The zero-order valence-corrected chi connectivity index (χ0v) is 13.5. The third kappa shape index (κ3) is 3.07. The number of alkyl halides is 1. The smallest absolute Gasteiger partial charge is 0.144 e. The average Bonchev–Trinajstić information content (AvgIpc) is 3.06. The third-order valence-corrected chi connectivity index (χ3v) is 4.60. The molecule has 0 aliphatic heterocycles. The van der Waals surface area contributed by atoms with Crippen LogP contribution in [0.15, 0.2) is 29.0 Å². The molecule has 0 saturated heterocycles. The van der Waals surface area contributed by atoms with Gasteiger partial charge in [-0.2, -0.15) is 11.3 Å². The molecule has 0 radical (unpaired) electrons. The lowest BCUT2D eigenvalue weighted by molar-refractivity contribution is 0.629. The fourth-order valence-electron chi connectivity index (χ4n) is 2.37. The van der Waals surface area contributed by atoms with Crippen LogP contribution in [0, 0.1) is 5.82 Å². The lowest BCUT2D eigenvalue weighted by Gasteiger charge is -2.08. The van der Waals surface area contributed by atoms with Crippen molar-refractivity contribution in [2.24, 2.45) is 0 Å². The standard InChI is InChI=1S/C15H13Cl2FN2S/c16-4-1-15-19-13-8-12(18)11(17)7-14(13)20(15)5-2-10-3-6-21-9-10/h3,6-9H,1-2,4-5H2. The molecule has 0 bridgehead atoms. The monoisotopic (exact) mass is 342 g/mol. The first kappa shape index (κ1) is 14.8. The molecule has 0 aliphatic rings. The van der Waals surface area contributed by atoms with Crippen LogP contribution in [0.1, 0.15) is 11.4 Å². The highest BCUT2D eigenvalue weighted by atomic mass is 35.5. The number of hydrogen-bond donors (Lipinski definition) is 0. The molecule has 0 fully saturated rings. The van der Waals surface area contributed by atoms with Gasteiger partial charge in [-0.25, -0.2) is 9.37 Å². The second-order valence-electron chi connectivity index (χ2n) is 4.76. The van der Waals surface area contributed by atoms with Crippen LogP contribution in [0.4, 0.5) is 4.39 Å². The molecule has 3 aromatic rings. The van der Waals surface area contributed by atoms with Crippen LogP contribution >= 0.6 is 34.5 Å². The summed E-state index contributed by atoms with van der Waals surface area (Å²) in [6.45, 7) is 0.779. The minimum Gasteiger partial charge on any atom is -0.328 e. The number of aryl methyl sites for hydroxylation is 3. The molecular formula is C15H13Cl2FN2S. The van der Waals surface area contributed by atoms with E-state index in [0.717, 1.165) is 24.3 Å². The highest BCUT2D eigenvalue weighted by molar-refractivity contribution is 7.07. The summed E-state index contributed by atoms with van der Waals surface area (Å²) in [5, 5.41) is 4.32. The van der Waals surface area contributed by atoms with Gasteiger partial charge < -0.3 is 4.57 Å². The van der Waals surface area contributed by atoms with Crippen LogP contribution in [0.5, 0.6) is 0 Å². The van der Waals surface area contributed by atoms with E-state index in [1.165, 1.54) is 11.6 Å². The molecule has 2 aromatic heterocycles. The van der Waals surface area contributed by atoms with Gasteiger partial charge in [0, 0.05) is 24.9 Å². The number of thiophene rings is 1. The van der Waals surface area contributed by atoms with Crippen molar-refractivity contribution < 1.29 is 4.39 Å². The number of hydrogen-bond acceptors (Lipinski definition) is 2. The van der Waals surface area contributed by atoms with Crippen LogP contribution < -0.4 is 0 Å². The second kappa shape index (κ2) is 6.34. The van der Waals surface area contributed by atoms with Crippen LogP contribution in [-0.4, -0.2) is 15.4 Å². The van der Waals surface area contributed by atoms with Crippen molar-refractivity contribution in [3.8, 4) is 0 Å². The summed E-state index contributed by atoms with van der Waals surface area (Å²) < 4.78 is 15.7. The van der Waals surface area contributed by atoms with Crippen molar-refractivity contribution in [1.82, 2.24) is 9.55 Å². The third-order valence-electron chi connectivity index (χ3n) is 3.39. The number of halogens is 3. The zero-order valence-electron chi connectivity index (χ0n) is 11.2. The molecule has 0 N–H and O–H groups in total. The number of benzene rings is 1. The van der Waals surface area contributed by atoms with E-state index in [4.69, 9.17) is 23.2 Å². The number of aromatic nitrogens is 2. The van der Waals surface area contributed by atoms with Crippen molar-refractivity contribution in [1.29, 1.82) is 0 Å². The van der Waals surface area contributed by atoms with Gasteiger partial charge in [0.1, 0.15) is 11.6 Å². The Bertz CT molecular complexity index is 753. The average molecular weight is 343 g/mol. The quantitative estimate of drug-likeness (QED) is 0.602. The number of nitrogens with zero attached hydrogens (tertiary/aromatic N) is 2. The van der Waals surface area contributed by atoms with Crippen molar-refractivity contribution in [3.05, 3.63) is 51.2 Å². The van der Waals surface area contributed by atoms with E-state index in [1.54, 1.807) is 17.4 Å². The van der Waals surface area contributed by atoms with Crippen molar-refractivity contribution in [2.45, 2.75) is 19.4 Å². The Hall–Kier alpha value is -1.10. The highest BCUT2D eigenvalue weighted by Crippen LogP contribution is 2.25. The Balaban J connectivity index is 2.00.